The van der Waals surface area contributed by atoms with Crippen molar-refractivity contribution in [3.63, 3.8) is 0 Å². The summed E-state index contributed by atoms with van der Waals surface area (Å²) in [4.78, 5) is 0. The Balaban J connectivity index is 2.08. The fourth-order valence-electron chi connectivity index (χ4n) is 2.67. The quantitative estimate of drug-likeness (QED) is 0.811. The summed E-state index contributed by atoms with van der Waals surface area (Å²) in [5.74, 6) is 0.973. The van der Waals surface area contributed by atoms with Gasteiger partial charge in [-0.2, -0.15) is 0 Å². The average Bonchev–Trinajstić information content (AvgIpc) is 2.80. The zero-order chi connectivity index (χ0) is 14.6. The van der Waals surface area contributed by atoms with Gasteiger partial charge in [-0.3, -0.25) is 0 Å². The lowest BCUT2D eigenvalue weighted by Gasteiger charge is -2.29. The molecule has 0 spiro atoms. The van der Waals surface area contributed by atoms with Crippen molar-refractivity contribution in [3.05, 3.63) is 35.6 Å². The molecule has 0 aliphatic carbocycles. The summed E-state index contributed by atoms with van der Waals surface area (Å²) in [7, 11) is 0. The van der Waals surface area contributed by atoms with Crippen LogP contribution in [0.2, 0.25) is 0 Å². The van der Waals surface area contributed by atoms with Crippen molar-refractivity contribution in [1.29, 1.82) is 0 Å². The van der Waals surface area contributed by atoms with Gasteiger partial charge in [-0.05, 0) is 25.8 Å². The SMILES string of the molecule is CCC(CC)(CO)CNCc1c(C)oc2ccccc12. The molecule has 20 heavy (non-hydrogen) atoms. The van der Waals surface area contributed by atoms with E-state index in [1.54, 1.807) is 0 Å². The number of aryl methyl sites for hydroxylation is 1. The largest absolute Gasteiger partial charge is 0.461 e. The highest BCUT2D eigenvalue weighted by molar-refractivity contribution is 5.82. The number of hydrogen-bond donors (Lipinski definition) is 2. The Morgan fingerprint density at radius 2 is 1.90 bits per heavy atom. The molecule has 0 amide bonds. The molecule has 0 radical (unpaired) electrons. The van der Waals surface area contributed by atoms with Crippen molar-refractivity contribution >= 4 is 11.0 Å². The van der Waals surface area contributed by atoms with Crippen molar-refractivity contribution in [3.8, 4) is 0 Å². The molecule has 1 heterocycles. The number of rotatable bonds is 7. The van der Waals surface area contributed by atoms with Crippen molar-refractivity contribution < 1.29 is 9.52 Å². The van der Waals surface area contributed by atoms with Crippen LogP contribution in [0.3, 0.4) is 0 Å². The van der Waals surface area contributed by atoms with Gasteiger partial charge in [-0.15, -0.1) is 0 Å². The lowest BCUT2D eigenvalue weighted by atomic mass is 9.83. The van der Waals surface area contributed by atoms with Crippen LogP contribution in [0.4, 0.5) is 0 Å². The summed E-state index contributed by atoms with van der Waals surface area (Å²) in [5, 5.41) is 14.3. The lowest BCUT2D eigenvalue weighted by molar-refractivity contribution is 0.113. The molecule has 0 atom stereocenters. The summed E-state index contributed by atoms with van der Waals surface area (Å²) in [6.45, 7) is 8.13. The number of nitrogens with one attached hydrogen (secondary N) is 1. The summed E-state index contributed by atoms with van der Waals surface area (Å²) in [6, 6.07) is 8.13. The average molecular weight is 275 g/mol. The van der Waals surface area contributed by atoms with Gasteiger partial charge in [0, 0.05) is 36.1 Å². The Morgan fingerprint density at radius 3 is 2.55 bits per heavy atom. The number of hydrogen-bond acceptors (Lipinski definition) is 3. The maximum Gasteiger partial charge on any atom is 0.134 e. The van der Waals surface area contributed by atoms with E-state index in [1.165, 1.54) is 10.9 Å². The maximum atomic E-state index is 9.60. The van der Waals surface area contributed by atoms with E-state index < -0.39 is 0 Å². The summed E-state index contributed by atoms with van der Waals surface area (Å²) in [5.41, 5.74) is 2.16. The van der Waals surface area contributed by atoms with Gasteiger partial charge < -0.3 is 14.8 Å². The fourth-order valence-corrected chi connectivity index (χ4v) is 2.67. The van der Waals surface area contributed by atoms with Crippen molar-refractivity contribution in [1.82, 2.24) is 5.32 Å². The number of furan rings is 1. The highest BCUT2D eigenvalue weighted by atomic mass is 16.3. The van der Waals surface area contributed by atoms with E-state index in [9.17, 15) is 5.11 Å². The predicted octanol–water partition coefficient (Wildman–Crippen LogP) is 3.63. The molecule has 0 unspecified atom stereocenters. The Kier molecular flexibility index (Phi) is 4.84. The molecule has 3 nitrogen and oxygen atoms in total. The molecule has 2 rings (SSSR count). The molecule has 3 heteroatoms. The van der Waals surface area contributed by atoms with Crippen molar-refractivity contribution in [2.45, 2.75) is 40.2 Å². The number of fused-ring (bicyclic) bond motifs is 1. The second kappa shape index (κ2) is 6.42. The van der Waals surface area contributed by atoms with E-state index in [0.29, 0.717) is 0 Å². The summed E-state index contributed by atoms with van der Waals surface area (Å²) < 4.78 is 5.77. The molecule has 0 aliphatic rings. The second-order valence-corrected chi connectivity index (χ2v) is 5.60. The first kappa shape index (κ1) is 15.1. The Bertz CT molecular complexity index is 547. The summed E-state index contributed by atoms with van der Waals surface area (Å²) >= 11 is 0. The molecule has 1 aromatic heterocycles. The third-order valence-corrected chi connectivity index (χ3v) is 4.54. The number of para-hydroxylation sites is 1. The normalized spacial score (nSPS) is 12.2. The first-order chi connectivity index (χ1) is 9.65. The Labute approximate surface area is 121 Å². The molecule has 110 valence electrons. The topological polar surface area (TPSA) is 45.4 Å². The third-order valence-electron chi connectivity index (χ3n) is 4.54. The number of aliphatic hydroxyl groups is 1. The van der Waals surface area contributed by atoms with Crippen molar-refractivity contribution in [2.24, 2.45) is 5.41 Å². The van der Waals surface area contributed by atoms with Gasteiger partial charge >= 0.3 is 0 Å². The highest BCUT2D eigenvalue weighted by Gasteiger charge is 2.24. The standard InChI is InChI=1S/C17H25NO2/c1-4-17(5-2,12-19)11-18-10-15-13(3)20-16-9-7-6-8-14(15)16/h6-9,18-19H,4-5,10-12H2,1-3H3. The molecule has 0 bridgehead atoms. The molecular weight excluding hydrogens is 250 g/mol. The molecule has 2 N–H and O–H groups in total. The molecule has 0 fully saturated rings. The van der Waals surface area contributed by atoms with Crippen LogP contribution in [0.25, 0.3) is 11.0 Å². The van der Waals surface area contributed by atoms with Gasteiger partial charge in [0.05, 0.1) is 0 Å². The number of benzene rings is 1. The molecule has 0 saturated heterocycles. The monoisotopic (exact) mass is 275 g/mol. The van der Waals surface area contributed by atoms with Gasteiger partial charge in [0.15, 0.2) is 0 Å². The Hall–Kier alpha value is -1.32. The molecule has 0 saturated carbocycles. The molecule has 1 aromatic carbocycles. The minimum absolute atomic E-state index is 0.00650. The van der Waals surface area contributed by atoms with Gasteiger partial charge in [0.25, 0.3) is 0 Å². The van der Waals surface area contributed by atoms with E-state index in [-0.39, 0.29) is 12.0 Å². The molecule has 0 aliphatic heterocycles. The summed E-state index contributed by atoms with van der Waals surface area (Å²) in [6.07, 6.45) is 1.97. The van der Waals surface area contributed by atoms with Crippen molar-refractivity contribution in [2.75, 3.05) is 13.2 Å². The van der Waals surface area contributed by atoms with Crippen LogP contribution in [0.1, 0.15) is 38.0 Å². The van der Waals surface area contributed by atoms with E-state index >= 15 is 0 Å². The zero-order valence-corrected chi connectivity index (χ0v) is 12.7. The van der Waals surface area contributed by atoms with Gasteiger partial charge in [0.1, 0.15) is 11.3 Å². The highest BCUT2D eigenvalue weighted by Crippen LogP contribution is 2.27. The van der Waals surface area contributed by atoms with E-state index in [2.05, 4.69) is 25.2 Å². The van der Waals surface area contributed by atoms with Crippen LogP contribution in [0, 0.1) is 12.3 Å². The second-order valence-electron chi connectivity index (χ2n) is 5.60. The van der Waals surface area contributed by atoms with Crippen LogP contribution >= 0.6 is 0 Å². The first-order valence-electron chi connectivity index (χ1n) is 7.44. The van der Waals surface area contributed by atoms with Gasteiger partial charge in [-0.1, -0.05) is 32.0 Å². The first-order valence-corrected chi connectivity index (χ1v) is 7.44. The van der Waals surface area contributed by atoms with E-state index in [1.807, 2.05) is 25.1 Å². The smallest absolute Gasteiger partial charge is 0.134 e. The number of aliphatic hydroxyl groups excluding tert-OH is 1. The zero-order valence-electron chi connectivity index (χ0n) is 12.7. The minimum Gasteiger partial charge on any atom is -0.461 e. The minimum atomic E-state index is -0.00650. The van der Waals surface area contributed by atoms with Crippen LogP contribution in [-0.2, 0) is 6.54 Å². The van der Waals surface area contributed by atoms with Crippen LogP contribution in [-0.4, -0.2) is 18.3 Å². The van der Waals surface area contributed by atoms with E-state index in [0.717, 1.165) is 37.3 Å². The lowest BCUT2D eigenvalue weighted by Crippen LogP contribution is -2.36. The third kappa shape index (κ3) is 2.89. The van der Waals surface area contributed by atoms with Gasteiger partial charge in [0.2, 0.25) is 0 Å². The van der Waals surface area contributed by atoms with Gasteiger partial charge in [-0.25, -0.2) is 0 Å². The van der Waals surface area contributed by atoms with Crippen LogP contribution in [0.15, 0.2) is 28.7 Å². The molecule has 2 aromatic rings. The van der Waals surface area contributed by atoms with Crippen LogP contribution < -0.4 is 5.32 Å². The van der Waals surface area contributed by atoms with Crippen LogP contribution in [0.5, 0.6) is 0 Å². The predicted molar refractivity (Wildman–Crippen MR) is 82.8 cm³/mol. The molecular formula is C17H25NO2. The Morgan fingerprint density at radius 1 is 1.20 bits per heavy atom. The van der Waals surface area contributed by atoms with E-state index in [4.69, 9.17) is 4.42 Å². The maximum absolute atomic E-state index is 9.60. The fraction of sp³-hybridized carbons (Fsp3) is 0.529.